The third-order valence-electron chi connectivity index (χ3n) is 4.31. The van der Waals surface area contributed by atoms with Gasteiger partial charge < -0.3 is 4.79 Å². The summed E-state index contributed by atoms with van der Waals surface area (Å²) in [6.45, 7) is 30.8. The lowest BCUT2D eigenvalue weighted by Crippen LogP contribution is -2.28. The summed E-state index contributed by atoms with van der Waals surface area (Å²) in [4.78, 5) is 10.6. The van der Waals surface area contributed by atoms with Crippen molar-refractivity contribution in [2.24, 2.45) is 0 Å². The fourth-order valence-corrected chi connectivity index (χ4v) is 3.21. The fraction of sp³-hybridized carbons (Fsp3) is 0.633. The zero-order chi connectivity index (χ0) is 25.9. The lowest BCUT2D eigenvalue weighted by molar-refractivity contribution is -0.0979. The Morgan fingerprint density at radius 2 is 1.53 bits per heavy atom. The molecule has 0 bridgehead atoms. The van der Waals surface area contributed by atoms with E-state index in [1.54, 1.807) is 0 Å². The summed E-state index contributed by atoms with van der Waals surface area (Å²) >= 11 is 0. The summed E-state index contributed by atoms with van der Waals surface area (Å²) in [5.74, 6) is 0. The minimum atomic E-state index is 0.660. The molecule has 1 aromatic carbocycles. The van der Waals surface area contributed by atoms with E-state index in [1.807, 2.05) is 48.3 Å². The third-order valence-corrected chi connectivity index (χ3v) is 4.31. The van der Waals surface area contributed by atoms with Gasteiger partial charge in [-0.2, -0.15) is 0 Å². The Morgan fingerprint density at radius 3 is 1.91 bits per heavy atom. The Labute approximate surface area is 203 Å². The molecule has 1 aromatic rings. The average Bonchev–Trinajstić information content (AvgIpc) is 3.03. The molecular weight excluding hydrogens is 390 g/mol. The Morgan fingerprint density at radius 1 is 1.00 bits per heavy atom. The van der Waals surface area contributed by atoms with Gasteiger partial charge in [0.25, 0.3) is 0 Å². The summed E-state index contributed by atoms with van der Waals surface area (Å²) < 4.78 is 0. The third kappa shape index (κ3) is 24.6. The van der Waals surface area contributed by atoms with Crippen LogP contribution in [0.5, 0.6) is 0 Å². The molecule has 1 heterocycles. The van der Waals surface area contributed by atoms with E-state index in [0.29, 0.717) is 6.04 Å². The van der Waals surface area contributed by atoms with Crippen LogP contribution in [0.2, 0.25) is 0 Å². The van der Waals surface area contributed by atoms with Crippen molar-refractivity contribution < 1.29 is 4.79 Å². The Kier molecular flexibility index (Phi) is 34.5. The first kappa shape index (κ1) is 37.6. The predicted molar refractivity (Wildman–Crippen MR) is 150 cm³/mol. The topological polar surface area (TPSA) is 20.3 Å². The summed E-state index contributed by atoms with van der Waals surface area (Å²) in [7, 11) is 0. The Hall–Kier alpha value is -1.67. The van der Waals surface area contributed by atoms with E-state index in [1.165, 1.54) is 67.5 Å². The van der Waals surface area contributed by atoms with Gasteiger partial charge in [0, 0.05) is 6.04 Å². The number of allylic oxidation sites excluding steroid dienone is 3. The maximum absolute atomic E-state index is 8.00. The van der Waals surface area contributed by atoms with Crippen LogP contribution in [0.15, 0.2) is 48.1 Å². The largest absolute Gasteiger partial charge is 0.307 e. The van der Waals surface area contributed by atoms with Crippen LogP contribution in [0.1, 0.15) is 119 Å². The number of rotatable bonds is 3. The van der Waals surface area contributed by atoms with Crippen molar-refractivity contribution in [1.29, 1.82) is 0 Å². The van der Waals surface area contributed by atoms with Crippen molar-refractivity contribution in [2.45, 2.75) is 114 Å². The van der Waals surface area contributed by atoms with Crippen LogP contribution >= 0.6 is 0 Å². The van der Waals surface area contributed by atoms with Gasteiger partial charge in [0.1, 0.15) is 6.79 Å². The normalized spacial score (nSPS) is 14.3. The van der Waals surface area contributed by atoms with Gasteiger partial charge in [0.15, 0.2) is 0 Å². The minimum Gasteiger partial charge on any atom is -0.307 e. The summed E-state index contributed by atoms with van der Waals surface area (Å²) in [6, 6.07) is 9.71. The molecule has 0 saturated carbocycles. The molecule has 1 atom stereocenters. The van der Waals surface area contributed by atoms with Crippen LogP contribution in [0, 0.1) is 6.92 Å². The van der Waals surface area contributed by atoms with E-state index < -0.39 is 0 Å². The molecule has 188 valence electrons. The molecule has 0 N–H and O–H groups in total. The van der Waals surface area contributed by atoms with Gasteiger partial charge in [-0.25, -0.2) is 0 Å². The van der Waals surface area contributed by atoms with Crippen LogP contribution in [-0.4, -0.2) is 24.8 Å². The van der Waals surface area contributed by atoms with E-state index in [0.717, 1.165) is 0 Å². The van der Waals surface area contributed by atoms with E-state index >= 15 is 0 Å². The zero-order valence-electron chi connectivity index (χ0n) is 23.7. The van der Waals surface area contributed by atoms with Crippen LogP contribution in [0.4, 0.5) is 0 Å². The first-order chi connectivity index (χ1) is 15.3. The monoisotopic (exact) mass is 447 g/mol. The van der Waals surface area contributed by atoms with Gasteiger partial charge in [0.05, 0.1) is 0 Å². The molecule has 2 nitrogen and oxygen atoms in total. The van der Waals surface area contributed by atoms with E-state index in [4.69, 9.17) is 4.79 Å². The number of hydrogen-bond donors (Lipinski definition) is 0. The lowest BCUT2D eigenvalue weighted by Gasteiger charge is -2.29. The van der Waals surface area contributed by atoms with Crippen LogP contribution in [-0.2, 0) is 4.79 Å². The van der Waals surface area contributed by atoms with Gasteiger partial charge in [-0.15, -0.1) is 6.58 Å². The van der Waals surface area contributed by atoms with Crippen LogP contribution < -0.4 is 0 Å². The molecule has 0 aromatic heterocycles. The highest BCUT2D eigenvalue weighted by Gasteiger charge is 2.20. The number of carbonyl (C=O) groups is 1. The van der Waals surface area contributed by atoms with Crippen LogP contribution in [0.3, 0.4) is 0 Å². The van der Waals surface area contributed by atoms with Crippen molar-refractivity contribution in [3.05, 3.63) is 59.2 Å². The molecule has 1 fully saturated rings. The molecule has 1 aliphatic heterocycles. The van der Waals surface area contributed by atoms with Crippen LogP contribution in [0.25, 0.3) is 0 Å². The van der Waals surface area contributed by atoms with E-state index in [-0.39, 0.29) is 0 Å². The molecular formula is C30H57NO. The van der Waals surface area contributed by atoms with Crippen molar-refractivity contribution >= 4 is 6.79 Å². The second kappa shape index (κ2) is 29.3. The first-order valence-corrected chi connectivity index (χ1v) is 12.7. The van der Waals surface area contributed by atoms with Crippen molar-refractivity contribution in [1.82, 2.24) is 4.90 Å². The zero-order valence-corrected chi connectivity index (χ0v) is 23.7. The van der Waals surface area contributed by atoms with Gasteiger partial charge in [0.2, 0.25) is 0 Å². The summed E-state index contributed by atoms with van der Waals surface area (Å²) in [6.07, 6.45) is 8.86. The van der Waals surface area contributed by atoms with Gasteiger partial charge in [-0.05, 0) is 72.5 Å². The minimum absolute atomic E-state index is 0.660. The second-order valence-electron chi connectivity index (χ2n) is 7.80. The maximum Gasteiger partial charge on any atom is 0.106 e. The highest BCUT2D eigenvalue weighted by Crippen LogP contribution is 2.30. The highest BCUT2D eigenvalue weighted by molar-refractivity contribution is 5.25. The molecule has 1 aliphatic rings. The molecule has 2 rings (SSSR count). The van der Waals surface area contributed by atoms with Crippen molar-refractivity contribution in [3.63, 3.8) is 0 Å². The van der Waals surface area contributed by atoms with Gasteiger partial charge >= 0.3 is 0 Å². The first-order valence-electron chi connectivity index (χ1n) is 12.7. The summed E-state index contributed by atoms with van der Waals surface area (Å²) in [5.41, 5.74) is 5.49. The summed E-state index contributed by atoms with van der Waals surface area (Å²) in [5, 5.41) is 0. The number of nitrogens with zero attached hydrogens (tertiary/aromatic N) is 1. The highest BCUT2D eigenvalue weighted by atomic mass is 16.1. The SMILES string of the molecule is C=C(C)C.C=O.CC.CC.CCC=C(C)C.CCN1CCCCCC1c1cccc(C)c1. The van der Waals surface area contributed by atoms with E-state index in [2.05, 4.69) is 76.4 Å². The quantitative estimate of drug-likeness (QED) is 0.430. The Balaban J connectivity index is -0.000000205. The molecule has 1 unspecified atom stereocenters. The smallest absolute Gasteiger partial charge is 0.106 e. The lowest BCUT2D eigenvalue weighted by atomic mass is 9.99. The molecule has 1 saturated heterocycles. The fourth-order valence-electron chi connectivity index (χ4n) is 3.21. The van der Waals surface area contributed by atoms with Gasteiger partial charge in [-0.3, -0.25) is 4.90 Å². The molecule has 0 radical (unpaired) electrons. The second-order valence-corrected chi connectivity index (χ2v) is 7.80. The molecule has 0 amide bonds. The number of likely N-dealkylation sites (tertiary alicyclic amines) is 1. The Bertz CT molecular complexity index is 540. The number of aryl methyl sites for hydroxylation is 1. The maximum atomic E-state index is 8.00. The van der Waals surface area contributed by atoms with Crippen molar-refractivity contribution in [2.75, 3.05) is 13.1 Å². The molecule has 0 spiro atoms. The average molecular weight is 448 g/mol. The molecule has 0 aliphatic carbocycles. The van der Waals surface area contributed by atoms with E-state index in [9.17, 15) is 0 Å². The van der Waals surface area contributed by atoms with Crippen molar-refractivity contribution in [3.8, 4) is 0 Å². The number of hydrogen-bond acceptors (Lipinski definition) is 2. The molecule has 32 heavy (non-hydrogen) atoms. The van der Waals surface area contributed by atoms with Gasteiger partial charge in [-0.1, -0.05) is 101 Å². The predicted octanol–water partition coefficient (Wildman–Crippen LogP) is 9.74. The number of carbonyl (C=O) groups excluding carboxylic acids is 1. The molecule has 2 heteroatoms. The standard InChI is InChI=1S/C15H23N.C6H12.C4H8.2C2H6.CH2O/c1-3-16-11-6-4-5-10-15(16)14-9-7-8-13(2)12-14;1-4-5-6(2)3;1-4(2)3;3*1-2/h7-9,12,15H,3-6,10-11H2,1-2H3;5H,4H2,1-3H3;1H2,2-3H3;2*1-2H3;1H2. The number of benzene rings is 1.